The lowest BCUT2D eigenvalue weighted by molar-refractivity contribution is -0.122. The molecule has 1 aliphatic rings. The molecule has 2 N–H and O–H groups in total. The van der Waals surface area contributed by atoms with Gasteiger partial charge < -0.3 is 10.6 Å². The third-order valence-corrected chi connectivity index (χ3v) is 5.06. The summed E-state index contributed by atoms with van der Waals surface area (Å²) in [5.41, 5.74) is 0.776. The van der Waals surface area contributed by atoms with Gasteiger partial charge in [0.1, 0.15) is 0 Å². The predicted molar refractivity (Wildman–Crippen MR) is 93.2 cm³/mol. The zero-order valence-corrected chi connectivity index (χ0v) is 15.0. The Bertz CT molecular complexity index is 530. The van der Waals surface area contributed by atoms with Crippen LogP contribution in [0.25, 0.3) is 0 Å². The van der Waals surface area contributed by atoms with E-state index >= 15 is 0 Å². The van der Waals surface area contributed by atoms with Gasteiger partial charge in [0.25, 0.3) is 0 Å². The fourth-order valence-electron chi connectivity index (χ4n) is 2.73. The van der Waals surface area contributed by atoms with Gasteiger partial charge in [0.2, 0.25) is 5.91 Å². The van der Waals surface area contributed by atoms with Gasteiger partial charge in [0.15, 0.2) is 5.78 Å². The monoisotopic (exact) mass is 344 g/mol. The molecule has 4 nitrogen and oxygen atoms in total. The summed E-state index contributed by atoms with van der Waals surface area (Å²) in [5.74, 6) is 0.544. The summed E-state index contributed by atoms with van der Waals surface area (Å²) in [5, 5.41) is 6.34. The van der Waals surface area contributed by atoms with E-state index in [0.717, 1.165) is 34.8 Å². The first-order valence-corrected chi connectivity index (χ1v) is 8.39. The molecule has 1 aliphatic heterocycles. The van der Waals surface area contributed by atoms with E-state index in [1.165, 1.54) is 0 Å². The third kappa shape index (κ3) is 5.07. The van der Waals surface area contributed by atoms with E-state index in [9.17, 15) is 9.59 Å². The highest BCUT2D eigenvalue weighted by molar-refractivity contribution is 7.12. The number of rotatable bonds is 5. The number of carbonyl (C=O) groups is 2. The van der Waals surface area contributed by atoms with Crippen LogP contribution in [0.1, 0.15) is 46.3 Å². The highest BCUT2D eigenvalue weighted by Crippen LogP contribution is 2.22. The molecule has 1 amide bonds. The second kappa shape index (κ2) is 8.65. The van der Waals surface area contributed by atoms with Crippen LogP contribution in [0, 0.1) is 19.8 Å². The average molecular weight is 345 g/mol. The number of thiophene rings is 1. The Kier molecular flexibility index (Phi) is 7.53. The van der Waals surface area contributed by atoms with Crippen LogP contribution >= 0.6 is 23.7 Å². The van der Waals surface area contributed by atoms with E-state index in [0.29, 0.717) is 5.92 Å². The summed E-state index contributed by atoms with van der Waals surface area (Å²) in [7, 11) is 0. The van der Waals surface area contributed by atoms with Crippen molar-refractivity contribution < 1.29 is 9.59 Å². The van der Waals surface area contributed by atoms with Crippen LogP contribution in [-0.4, -0.2) is 30.8 Å². The van der Waals surface area contributed by atoms with Gasteiger partial charge in [-0.2, -0.15) is 0 Å². The average Bonchev–Trinajstić information content (AvgIpc) is 2.78. The molecule has 2 heterocycles. The molecule has 2 rings (SSSR count). The van der Waals surface area contributed by atoms with Crippen LogP contribution in [0.3, 0.4) is 0 Å². The van der Waals surface area contributed by atoms with Crippen molar-refractivity contribution in [2.75, 3.05) is 13.1 Å². The number of carbonyl (C=O) groups excluding carboxylic acids is 2. The van der Waals surface area contributed by atoms with Crippen molar-refractivity contribution in [1.29, 1.82) is 0 Å². The molecular formula is C16H25ClN2O2S. The van der Waals surface area contributed by atoms with Gasteiger partial charge in [-0.1, -0.05) is 6.92 Å². The first-order chi connectivity index (χ1) is 9.97. The Morgan fingerprint density at radius 1 is 1.36 bits per heavy atom. The summed E-state index contributed by atoms with van der Waals surface area (Å²) < 4.78 is 0. The number of nitrogens with one attached hydrogen (secondary N) is 2. The lowest BCUT2D eigenvalue weighted by Gasteiger charge is -2.30. The van der Waals surface area contributed by atoms with Crippen LogP contribution in [0.2, 0.25) is 0 Å². The Hall–Kier alpha value is -0.910. The summed E-state index contributed by atoms with van der Waals surface area (Å²) in [6.07, 6.45) is 1.64. The number of amides is 1. The Morgan fingerprint density at radius 2 is 2.09 bits per heavy atom. The van der Waals surface area contributed by atoms with Crippen LogP contribution in [-0.2, 0) is 4.79 Å². The summed E-state index contributed by atoms with van der Waals surface area (Å²) >= 11 is 1.63. The molecule has 0 saturated carbocycles. The maximum atomic E-state index is 12.2. The number of aryl methyl sites for hydroxylation is 2. The van der Waals surface area contributed by atoms with Gasteiger partial charge in [0, 0.05) is 40.7 Å². The predicted octanol–water partition coefficient (Wildman–Crippen LogP) is 2.86. The molecule has 0 radical (unpaired) electrons. The molecule has 0 spiro atoms. The normalized spacial score (nSPS) is 21.0. The minimum absolute atomic E-state index is 0. The lowest BCUT2D eigenvalue weighted by atomic mass is 9.94. The molecule has 0 aliphatic carbocycles. The highest BCUT2D eigenvalue weighted by Gasteiger charge is 2.23. The van der Waals surface area contributed by atoms with Crippen molar-refractivity contribution in [2.24, 2.45) is 5.92 Å². The molecule has 6 heteroatoms. The quantitative estimate of drug-likeness (QED) is 0.807. The van der Waals surface area contributed by atoms with Gasteiger partial charge in [0.05, 0.1) is 0 Å². The molecule has 1 fully saturated rings. The molecule has 1 aromatic heterocycles. The van der Waals surface area contributed by atoms with Gasteiger partial charge in [-0.15, -0.1) is 23.7 Å². The molecule has 0 bridgehead atoms. The first kappa shape index (κ1) is 19.1. The van der Waals surface area contributed by atoms with Crippen LogP contribution in [0.5, 0.6) is 0 Å². The first-order valence-electron chi connectivity index (χ1n) is 7.57. The van der Waals surface area contributed by atoms with Crippen LogP contribution in [0.15, 0.2) is 6.07 Å². The second-order valence-corrected chi connectivity index (χ2v) is 7.35. The van der Waals surface area contributed by atoms with Crippen LogP contribution < -0.4 is 10.6 Å². The Morgan fingerprint density at radius 3 is 2.68 bits per heavy atom. The number of piperidine rings is 1. The number of ketones is 1. The van der Waals surface area contributed by atoms with Crippen LogP contribution in [0.4, 0.5) is 0 Å². The standard InChI is InChI=1S/C16H24N2O2S.ClH/c1-10-6-7-17-9-14(10)18-16(20)5-4-15(19)13-8-11(2)21-12(13)3;/h8,10,14,17H,4-7,9H2,1-3H3,(H,18,20);1H. The van der Waals surface area contributed by atoms with E-state index in [1.54, 1.807) is 11.3 Å². The zero-order valence-electron chi connectivity index (χ0n) is 13.4. The third-order valence-electron chi connectivity index (χ3n) is 4.09. The molecule has 1 saturated heterocycles. The van der Waals surface area contributed by atoms with E-state index < -0.39 is 0 Å². The maximum Gasteiger partial charge on any atom is 0.220 e. The molecule has 0 aromatic carbocycles. The minimum Gasteiger partial charge on any atom is -0.352 e. The van der Waals surface area contributed by atoms with Crippen molar-refractivity contribution in [3.63, 3.8) is 0 Å². The van der Waals surface area contributed by atoms with E-state index in [4.69, 9.17) is 0 Å². The van der Waals surface area contributed by atoms with Crippen molar-refractivity contribution in [1.82, 2.24) is 10.6 Å². The largest absolute Gasteiger partial charge is 0.352 e. The fraction of sp³-hybridized carbons (Fsp3) is 0.625. The fourth-order valence-corrected chi connectivity index (χ4v) is 3.67. The molecule has 2 unspecified atom stereocenters. The molecule has 1 aromatic rings. The molecule has 124 valence electrons. The van der Waals surface area contributed by atoms with Gasteiger partial charge in [-0.25, -0.2) is 0 Å². The van der Waals surface area contributed by atoms with Gasteiger partial charge >= 0.3 is 0 Å². The maximum absolute atomic E-state index is 12.2. The molecule has 22 heavy (non-hydrogen) atoms. The second-order valence-electron chi connectivity index (χ2n) is 5.89. The SMILES string of the molecule is Cc1cc(C(=O)CCC(=O)NC2CNCCC2C)c(C)s1.Cl. The van der Waals surface area contributed by atoms with Crippen molar-refractivity contribution >= 4 is 35.4 Å². The number of hydrogen-bond donors (Lipinski definition) is 2. The van der Waals surface area contributed by atoms with E-state index in [1.807, 2.05) is 19.9 Å². The summed E-state index contributed by atoms with van der Waals surface area (Å²) in [6, 6.07) is 2.11. The smallest absolute Gasteiger partial charge is 0.220 e. The Labute approximate surface area is 142 Å². The Balaban J connectivity index is 0.00000242. The van der Waals surface area contributed by atoms with Crippen molar-refractivity contribution in [3.05, 3.63) is 21.4 Å². The number of hydrogen-bond acceptors (Lipinski definition) is 4. The molecular weight excluding hydrogens is 320 g/mol. The van der Waals surface area contributed by atoms with Crippen molar-refractivity contribution in [3.8, 4) is 0 Å². The topological polar surface area (TPSA) is 58.2 Å². The van der Waals surface area contributed by atoms with E-state index in [-0.39, 0.29) is 43.0 Å². The molecule has 2 atom stereocenters. The van der Waals surface area contributed by atoms with Crippen molar-refractivity contribution in [2.45, 2.75) is 46.1 Å². The summed E-state index contributed by atoms with van der Waals surface area (Å²) in [6.45, 7) is 7.96. The lowest BCUT2D eigenvalue weighted by Crippen LogP contribution is -2.50. The zero-order chi connectivity index (χ0) is 15.4. The summed E-state index contributed by atoms with van der Waals surface area (Å²) in [4.78, 5) is 26.3. The van der Waals surface area contributed by atoms with Gasteiger partial charge in [-0.05, 0) is 38.8 Å². The minimum atomic E-state index is -0.0199. The van der Waals surface area contributed by atoms with Gasteiger partial charge in [-0.3, -0.25) is 9.59 Å². The number of halogens is 1. The van der Waals surface area contributed by atoms with E-state index in [2.05, 4.69) is 17.6 Å². The highest BCUT2D eigenvalue weighted by atomic mass is 35.5. The number of Topliss-reactive ketones (excluding diaryl/α,β-unsaturated/α-hetero) is 1.